The summed E-state index contributed by atoms with van der Waals surface area (Å²) in [4.78, 5) is 31.7. The number of pyridine rings is 2. The molecular formula is C29H36F2N6O4S. The summed E-state index contributed by atoms with van der Waals surface area (Å²) in [5.41, 5.74) is 11.6. The number of aromatic nitrogens is 2. The molecule has 0 bridgehead atoms. The van der Waals surface area contributed by atoms with E-state index in [2.05, 4.69) is 22.1 Å². The average molecular weight is 603 g/mol. The Balaban J connectivity index is 0.00000237. The smallest absolute Gasteiger partial charge is 0.262 e. The van der Waals surface area contributed by atoms with Gasteiger partial charge < -0.3 is 31.5 Å². The van der Waals surface area contributed by atoms with Crippen molar-refractivity contribution in [3.8, 4) is 17.7 Å². The maximum atomic E-state index is 13.9. The number of amides is 1. The highest BCUT2D eigenvalue weighted by atomic mass is 32.2. The number of carbonyl (C=O) groups excluding carboxylic acids is 1. The van der Waals surface area contributed by atoms with Gasteiger partial charge in [-0.25, -0.2) is 13.8 Å². The van der Waals surface area contributed by atoms with E-state index in [1.54, 1.807) is 0 Å². The number of hydrogen-bond donors (Lipinski definition) is 4. The number of thioether (sulfide) groups is 1. The van der Waals surface area contributed by atoms with Gasteiger partial charge in [0.15, 0.2) is 0 Å². The summed E-state index contributed by atoms with van der Waals surface area (Å²) in [6.45, 7) is 3.68. The molecule has 13 heteroatoms. The summed E-state index contributed by atoms with van der Waals surface area (Å²) in [5.74, 6) is 6.04. The molecule has 3 unspecified atom stereocenters. The predicted molar refractivity (Wildman–Crippen MR) is 159 cm³/mol. The van der Waals surface area contributed by atoms with Crippen LogP contribution in [-0.4, -0.2) is 63.0 Å². The highest BCUT2D eigenvalue weighted by Crippen LogP contribution is 2.34. The van der Waals surface area contributed by atoms with Gasteiger partial charge in [0.2, 0.25) is 0 Å². The zero-order chi connectivity index (χ0) is 31.0. The third-order valence-electron chi connectivity index (χ3n) is 6.28. The van der Waals surface area contributed by atoms with Crippen molar-refractivity contribution in [2.75, 3.05) is 14.2 Å². The average Bonchev–Trinajstić information content (AvgIpc) is 3.81. The molecule has 1 amide bonds. The van der Waals surface area contributed by atoms with Crippen LogP contribution in [0, 0.1) is 17.8 Å². The minimum absolute atomic E-state index is 0.0178. The summed E-state index contributed by atoms with van der Waals surface area (Å²) in [5, 5.41) is 11.4. The van der Waals surface area contributed by atoms with Gasteiger partial charge in [-0.05, 0) is 36.6 Å². The standard InChI is InChI=1S/C27H30F2N6O4S.C2H6/c1-34-13-21(39-2)18(10-20(34)25(28)29)17-11-23(35-8-7-16(14-36)9-24(35)37)32-12-19(17)26(38)33-27(31)40-22(30)6-5-15-3-4-15;1-2/h7-13,15,20,22,25,27,36H,3-4,14,30-31H2,1-2H3,(H,33,38);1-2H3. The molecule has 2 aliphatic rings. The van der Waals surface area contributed by atoms with Gasteiger partial charge in [-0.1, -0.05) is 37.5 Å². The topological polar surface area (TPSA) is 149 Å². The van der Waals surface area contributed by atoms with Gasteiger partial charge in [-0.3, -0.25) is 14.2 Å². The van der Waals surface area contributed by atoms with Gasteiger partial charge >= 0.3 is 0 Å². The molecule has 0 spiro atoms. The lowest BCUT2D eigenvalue weighted by atomic mass is 9.95. The van der Waals surface area contributed by atoms with Crippen LogP contribution in [0.1, 0.15) is 48.2 Å². The van der Waals surface area contributed by atoms with Crippen molar-refractivity contribution >= 4 is 23.2 Å². The van der Waals surface area contributed by atoms with E-state index in [1.165, 1.54) is 66.5 Å². The summed E-state index contributed by atoms with van der Waals surface area (Å²) < 4.78 is 34.4. The largest absolute Gasteiger partial charge is 0.495 e. The van der Waals surface area contributed by atoms with E-state index in [-0.39, 0.29) is 34.9 Å². The van der Waals surface area contributed by atoms with E-state index in [0.717, 1.165) is 24.6 Å². The van der Waals surface area contributed by atoms with Crippen molar-refractivity contribution in [2.24, 2.45) is 17.4 Å². The lowest BCUT2D eigenvalue weighted by Gasteiger charge is -2.30. The van der Waals surface area contributed by atoms with Crippen molar-refractivity contribution in [2.45, 2.75) is 56.6 Å². The second kappa shape index (κ2) is 15.0. The van der Waals surface area contributed by atoms with Crippen LogP contribution in [0.2, 0.25) is 0 Å². The number of nitrogens with zero attached hydrogens (tertiary/aromatic N) is 3. The molecule has 226 valence electrons. The number of ether oxygens (including phenoxy) is 1. The van der Waals surface area contributed by atoms with Crippen molar-refractivity contribution < 1.29 is 23.4 Å². The molecule has 1 fully saturated rings. The summed E-state index contributed by atoms with van der Waals surface area (Å²) in [6, 6.07) is 2.92. The Kier molecular flexibility index (Phi) is 11.7. The van der Waals surface area contributed by atoms with E-state index in [0.29, 0.717) is 11.5 Å². The Morgan fingerprint density at radius 1 is 1.31 bits per heavy atom. The first-order chi connectivity index (χ1) is 20.1. The second-order valence-corrected chi connectivity index (χ2v) is 10.6. The molecule has 0 radical (unpaired) electrons. The summed E-state index contributed by atoms with van der Waals surface area (Å²) in [7, 11) is 2.87. The van der Waals surface area contributed by atoms with Crippen molar-refractivity contribution in [3.63, 3.8) is 0 Å². The Morgan fingerprint density at radius 3 is 2.62 bits per heavy atom. The van der Waals surface area contributed by atoms with Crippen LogP contribution in [-0.2, 0) is 11.3 Å². The van der Waals surface area contributed by atoms with Crippen LogP contribution in [0.25, 0.3) is 11.4 Å². The quantitative estimate of drug-likeness (QED) is 0.251. The molecule has 3 atom stereocenters. The van der Waals surface area contributed by atoms with Crippen LogP contribution in [0.3, 0.4) is 0 Å². The number of aliphatic hydroxyl groups is 1. The molecule has 1 saturated carbocycles. The first kappa shape index (κ1) is 32.8. The molecule has 2 aromatic rings. The number of aliphatic hydroxyl groups excluding tert-OH is 1. The molecule has 1 aliphatic carbocycles. The third kappa shape index (κ3) is 8.19. The van der Waals surface area contributed by atoms with E-state index >= 15 is 0 Å². The number of methoxy groups -OCH3 is 1. The first-order valence-corrected chi connectivity index (χ1v) is 14.4. The number of halogens is 2. The van der Waals surface area contributed by atoms with Crippen LogP contribution in [0.15, 0.2) is 53.4 Å². The van der Waals surface area contributed by atoms with Gasteiger partial charge in [0.1, 0.15) is 28.5 Å². The Labute approximate surface area is 247 Å². The Bertz CT molecular complexity index is 1450. The van der Waals surface area contributed by atoms with Gasteiger partial charge in [0, 0.05) is 48.8 Å². The molecule has 10 nitrogen and oxygen atoms in total. The molecule has 1 aliphatic heterocycles. The monoisotopic (exact) mass is 602 g/mol. The third-order valence-corrected chi connectivity index (χ3v) is 7.11. The van der Waals surface area contributed by atoms with E-state index < -0.39 is 34.8 Å². The Morgan fingerprint density at radius 2 is 2.02 bits per heavy atom. The number of likely N-dealkylation sites (N-methyl/N-ethyl adjacent to an activating group) is 1. The maximum Gasteiger partial charge on any atom is 0.262 e. The number of nitrogens with two attached hydrogens (primary N) is 2. The van der Waals surface area contributed by atoms with Crippen LogP contribution in [0.5, 0.6) is 0 Å². The van der Waals surface area contributed by atoms with Crippen LogP contribution < -0.4 is 22.3 Å². The predicted octanol–water partition coefficient (Wildman–Crippen LogP) is 2.60. The van der Waals surface area contributed by atoms with Crippen molar-refractivity contribution in [1.29, 1.82) is 0 Å². The van der Waals surface area contributed by atoms with Crippen LogP contribution >= 0.6 is 11.8 Å². The zero-order valence-electron chi connectivity index (χ0n) is 23.9. The number of rotatable bonds is 9. The molecular weight excluding hydrogens is 566 g/mol. The van der Waals surface area contributed by atoms with Crippen molar-refractivity contribution in [1.82, 2.24) is 19.8 Å². The molecule has 6 N–H and O–H groups in total. The second-order valence-electron chi connectivity index (χ2n) is 9.27. The number of allylic oxidation sites excluding steroid dienone is 1. The maximum absolute atomic E-state index is 13.9. The number of alkyl halides is 2. The number of carbonyl (C=O) groups is 1. The fourth-order valence-electron chi connectivity index (χ4n) is 3.99. The van der Waals surface area contributed by atoms with Crippen molar-refractivity contribution in [3.05, 3.63) is 75.7 Å². The zero-order valence-corrected chi connectivity index (χ0v) is 24.7. The summed E-state index contributed by atoms with van der Waals surface area (Å²) in [6.07, 6.45) is 4.74. The van der Waals surface area contributed by atoms with Gasteiger partial charge in [-0.2, -0.15) is 0 Å². The van der Waals surface area contributed by atoms with Gasteiger partial charge in [0.05, 0.1) is 19.3 Å². The van der Waals surface area contributed by atoms with E-state index in [4.69, 9.17) is 16.2 Å². The summed E-state index contributed by atoms with van der Waals surface area (Å²) >= 11 is 1.06. The highest BCUT2D eigenvalue weighted by molar-refractivity contribution is 8.00. The highest BCUT2D eigenvalue weighted by Gasteiger charge is 2.30. The molecule has 0 aromatic carbocycles. The van der Waals surface area contributed by atoms with Gasteiger partial charge in [-0.15, -0.1) is 0 Å². The minimum atomic E-state index is -2.73. The van der Waals surface area contributed by atoms with Crippen LogP contribution in [0.4, 0.5) is 8.78 Å². The number of hydrogen-bond acceptors (Lipinski definition) is 9. The van der Waals surface area contributed by atoms with E-state index in [1.807, 2.05) is 13.8 Å². The SMILES string of the molecule is CC.COC1=CN(C)C(C(F)F)C=C1c1cc(-n2ccc(CO)cc2=O)ncc1C(=O)NC(N)SC(N)C#CC1CC1. The number of nitrogens with one attached hydrogen (secondary N) is 1. The molecule has 0 saturated heterocycles. The normalized spacial score (nSPS) is 17.6. The van der Waals surface area contributed by atoms with Gasteiger partial charge in [0.25, 0.3) is 17.9 Å². The molecule has 2 aromatic heterocycles. The fraction of sp³-hybridized carbons (Fsp3) is 0.414. The first-order valence-electron chi connectivity index (χ1n) is 13.4. The lowest BCUT2D eigenvalue weighted by Crippen LogP contribution is -2.41. The molecule has 42 heavy (non-hydrogen) atoms. The fourth-order valence-corrected chi connectivity index (χ4v) is 4.62. The Hall–Kier alpha value is -3.70. The molecule has 3 heterocycles. The molecule has 4 rings (SSSR count). The minimum Gasteiger partial charge on any atom is -0.495 e. The lowest BCUT2D eigenvalue weighted by molar-refractivity contribution is 0.0780. The van der Waals surface area contributed by atoms with E-state index in [9.17, 15) is 23.5 Å².